The van der Waals surface area contributed by atoms with Crippen LogP contribution in [0.2, 0.25) is 10.0 Å². The van der Waals surface area contributed by atoms with Crippen LogP contribution >= 0.6 is 35.6 Å². The van der Waals surface area contributed by atoms with Crippen molar-refractivity contribution in [2.24, 2.45) is 0 Å². The summed E-state index contributed by atoms with van der Waals surface area (Å²) in [5.74, 6) is 1.23. The summed E-state index contributed by atoms with van der Waals surface area (Å²) in [5.41, 5.74) is 3.44. The number of rotatable bonds is 11. The number of hydrogen-bond donors (Lipinski definition) is 1. The lowest BCUT2D eigenvalue weighted by Gasteiger charge is -2.17. The fraction of sp³-hybridized carbons (Fsp3) is 0.308. The monoisotopic (exact) mass is 493 g/mol. The van der Waals surface area contributed by atoms with Crippen molar-refractivity contribution in [2.45, 2.75) is 45.9 Å². The maximum Gasteiger partial charge on any atom is 0.180 e. The number of ether oxygens (including phenoxy) is 2. The first-order valence-electron chi connectivity index (χ1n) is 10.6. The van der Waals surface area contributed by atoms with E-state index in [1.165, 1.54) is 5.56 Å². The minimum Gasteiger partial charge on any atom is -0.490 e. The average Bonchev–Trinajstić information content (AvgIpc) is 2.78. The lowest BCUT2D eigenvalue weighted by atomic mass is 10.1. The molecule has 3 nitrogen and oxygen atoms in total. The summed E-state index contributed by atoms with van der Waals surface area (Å²) in [6.45, 7) is 5.81. The topological polar surface area (TPSA) is 30.5 Å². The third kappa shape index (κ3) is 8.22. The molecule has 3 aromatic rings. The van der Waals surface area contributed by atoms with E-state index in [2.05, 4.69) is 36.5 Å². The van der Waals surface area contributed by atoms with Gasteiger partial charge in [-0.1, -0.05) is 65.7 Å². The molecule has 0 aliphatic carbocycles. The van der Waals surface area contributed by atoms with Crippen LogP contribution in [0.3, 0.4) is 0 Å². The van der Waals surface area contributed by atoms with Crippen molar-refractivity contribution in [3.63, 3.8) is 0 Å². The van der Waals surface area contributed by atoms with Gasteiger partial charge in [0.25, 0.3) is 0 Å². The smallest absolute Gasteiger partial charge is 0.180 e. The zero-order valence-corrected chi connectivity index (χ0v) is 20.8. The van der Waals surface area contributed by atoms with Gasteiger partial charge in [0.15, 0.2) is 11.5 Å². The Hall–Kier alpha value is -1.91. The molecule has 0 heterocycles. The molecule has 0 aliphatic heterocycles. The molecule has 3 aromatic carbocycles. The molecule has 3 rings (SSSR count). The summed E-state index contributed by atoms with van der Waals surface area (Å²) < 4.78 is 11.8. The first-order valence-corrected chi connectivity index (χ1v) is 11.4. The van der Waals surface area contributed by atoms with Gasteiger partial charge < -0.3 is 14.8 Å². The zero-order valence-electron chi connectivity index (χ0n) is 18.4. The van der Waals surface area contributed by atoms with Gasteiger partial charge >= 0.3 is 0 Å². The Morgan fingerprint density at radius 3 is 2.28 bits per heavy atom. The molecule has 0 amide bonds. The highest BCUT2D eigenvalue weighted by molar-refractivity contribution is 6.32. The van der Waals surface area contributed by atoms with Crippen molar-refractivity contribution in [1.82, 2.24) is 5.32 Å². The van der Waals surface area contributed by atoms with Crippen molar-refractivity contribution < 1.29 is 9.47 Å². The Morgan fingerprint density at radius 2 is 1.59 bits per heavy atom. The minimum atomic E-state index is 0. The molecule has 0 fully saturated rings. The van der Waals surface area contributed by atoms with Gasteiger partial charge in [0.05, 0.1) is 11.6 Å². The standard InChI is InChI=1S/C26H29Cl2NO2.ClH/c1-3-30-25-16-22(17-29-19(2)9-10-20-7-5-4-6-8-20)15-24(28)26(25)31-18-21-11-13-23(27)14-12-21;/h4-8,11-16,19,29H,3,9-10,17-18H2,1-2H3;1H. The van der Waals surface area contributed by atoms with Crippen LogP contribution in [0, 0.1) is 0 Å². The Kier molecular flexibility index (Phi) is 11.2. The third-order valence-corrected chi connectivity index (χ3v) is 5.56. The van der Waals surface area contributed by atoms with E-state index < -0.39 is 0 Å². The van der Waals surface area contributed by atoms with E-state index in [-0.39, 0.29) is 12.4 Å². The van der Waals surface area contributed by atoms with Gasteiger partial charge in [-0.15, -0.1) is 12.4 Å². The van der Waals surface area contributed by atoms with Crippen LogP contribution in [0.4, 0.5) is 0 Å². The van der Waals surface area contributed by atoms with E-state index in [9.17, 15) is 0 Å². The second-order valence-electron chi connectivity index (χ2n) is 7.56. The molecular formula is C26H30Cl3NO2. The fourth-order valence-corrected chi connectivity index (χ4v) is 3.70. The second kappa shape index (κ2) is 13.6. The summed E-state index contributed by atoms with van der Waals surface area (Å²) >= 11 is 12.5. The Balaban J connectivity index is 0.00000363. The zero-order chi connectivity index (χ0) is 22.1. The molecule has 0 bridgehead atoms. The molecule has 6 heteroatoms. The van der Waals surface area contributed by atoms with Crippen LogP contribution in [0.25, 0.3) is 0 Å². The summed E-state index contributed by atoms with van der Waals surface area (Å²) in [6, 6.07) is 22.5. The predicted molar refractivity (Wildman–Crippen MR) is 137 cm³/mol. The van der Waals surface area contributed by atoms with Gasteiger partial charge in [-0.3, -0.25) is 0 Å². The largest absolute Gasteiger partial charge is 0.490 e. The van der Waals surface area contributed by atoms with Gasteiger partial charge in [0.2, 0.25) is 0 Å². The number of nitrogens with one attached hydrogen (secondary N) is 1. The predicted octanol–water partition coefficient (Wildman–Crippen LogP) is 7.50. The number of halogens is 3. The van der Waals surface area contributed by atoms with E-state index >= 15 is 0 Å². The van der Waals surface area contributed by atoms with Gasteiger partial charge in [-0.25, -0.2) is 0 Å². The highest BCUT2D eigenvalue weighted by Crippen LogP contribution is 2.37. The van der Waals surface area contributed by atoms with Crippen LogP contribution in [0.5, 0.6) is 11.5 Å². The molecule has 1 unspecified atom stereocenters. The van der Waals surface area contributed by atoms with Gasteiger partial charge in [-0.05, 0) is 67.6 Å². The normalized spacial score (nSPS) is 11.5. The highest BCUT2D eigenvalue weighted by atomic mass is 35.5. The Labute approximate surface area is 207 Å². The molecule has 0 radical (unpaired) electrons. The van der Waals surface area contributed by atoms with E-state index in [1.54, 1.807) is 0 Å². The molecule has 0 aliphatic rings. The van der Waals surface area contributed by atoms with Crippen LogP contribution in [-0.2, 0) is 19.6 Å². The maximum absolute atomic E-state index is 6.56. The average molecular weight is 495 g/mol. The third-order valence-electron chi connectivity index (χ3n) is 5.03. The highest BCUT2D eigenvalue weighted by Gasteiger charge is 2.14. The Bertz CT molecular complexity index is 949. The molecule has 0 spiro atoms. The summed E-state index contributed by atoms with van der Waals surface area (Å²) in [4.78, 5) is 0. The molecule has 32 heavy (non-hydrogen) atoms. The van der Waals surface area contributed by atoms with Crippen molar-refractivity contribution in [3.05, 3.63) is 93.5 Å². The lowest BCUT2D eigenvalue weighted by Crippen LogP contribution is -2.26. The molecule has 172 valence electrons. The van der Waals surface area contributed by atoms with Crippen LogP contribution in [0.15, 0.2) is 66.7 Å². The SMILES string of the molecule is CCOc1cc(CNC(C)CCc2ccccc2)cc(Cl)c1OCc1ccc(Cl)cc1.Cl. The van der Waals surface area contributed by atoms with Crippen LogP contribution < -0.4 is 14.8 Å². The molecular weight excluding hydrogens is 465 g/mol. The summed E-state index contributed by atoms with van der Waals surface area (Å²) in [6.07, 6.45) is 2.12. The summed E-state index contributed by atoms with van der Waals surface area (Å²) in [7, 11) is 0. The van der Waals surface area contributed by atoms with Crippen molar-refractivity contribution >= 4 is 35.6 Å². The molecule has 0 saturated heterocycles. The van der Waals surface area contributed by atoms with E-state index in [1.807, 2.05) is 49.4 Å². The van der Waals surface area contributed by atoms with Gasteiger partial charge in [-0.2, -0.15) is 0 Å². The first kappa shape index (κ1) is 26.3. The van der Waals surface area contributed by atoms with Crippen molar-refractivity contribution in [1.29, 1.82) is 0 Å². The lowest BCUT2D eigenvalue weighted by molar-refractivity contribution is 0.269. The van der Waals surface area contributed by atoms with E-state index in [4.69, 9.17) is 32.7 Å². The quantitative estimate of drug-likeness (QED) is 0.299. The van der Waals surface area contributed by atoms with Crippen LogP contribution in [-0.4, -0.2) is 12.6 Å². The minimum absolute atomic E-state index is 0. The van der Waals surface area contributed by atoms with Gasteiger partial charge in [0, 0.05) is 17.6 Å². The number of aryl methyl sites for hydroxylation is 1. The Morgan fingerprint density at radius 1 is 0.875 bits per heavy atom. The number of benzene rings is 3. The summed E-state index contributed by atoms with van der Waals surface area (Å²) in [5, 5.41) is 4.83. The van der Waals surface area contributed by atoms with E-state index in [0.29, 0.717) is 47.3 Å². The fourth-order valence-electron chi connectivity index (χ4n) is 3.28. The van der Waals surface area contributed by atoms with Crippen molar-refractivity contribution in [3.8, 4) is 11.5 Å². The van der Waals surface area contributed by atoms with E-state index in [0.717, 1.165) is 24.0 Å². The molecule has 1 N–H and O–H groups in total. The number of hydrogen-bond acceptors (Lipinski definition) is 3. The van der Waals surface area contributed by atoms with Gasteiger partial charge in [0.1, 0.15) is 6.61 Å². The van der Waals surface area contributed by atoms with Crippen molar-refractivity contribution in [2.75, 3.05) is 6.61 Å². The second-order valence-corrected chi connectivity index (χ2v) is 8.40. The first-order chi connectivity index (χ1) is 15.0. The molecule has 1 atom stereocenters. The maximum atomic E-state index is 6.56. The molecule has 0 aromatic heterocycles. The van der Waals surface area contributed by atoms with Crippen LogP contribution in [0.1, 0.15) is 37.0 Å². The molecule has 0 saturated carbocycles.